The van der Waals surface area contributed by atoms with Gasteiger partial charge in [-0.2, -0.15) is 0 Å². The molecule has 0 aliphatic carbocycles. The van der Waals surface area contributed by atoms with Crippen molar-refractivity contribution >= 4 is 32.8 Å². The molecule has 0 bridgehead atoms. The number of fused-ring (bicyclic) bond motifs is 3. The van der Waals surface area contributed by atoms with Gasteiger partial charge in [-0.15, -0.1) is 0 Å². The monoisotopic (exact) mass is 484 g/mol. The number of benzene rings is 2. The standard InChI is InChI=1S/C27H24N4O3S/c1-35(33,34)30-17-27(18-30)22-10-4-5-11-24(22)31(25(27)16-32)15-23-26(20-8-6-12-28-13-20)21-9-3-2-7-19(21)14-29-23/h2-14,16,25H,15,17-18H2,1H3. The van der Waals surface area contributed by atoms with Gasteiger partial charge in [0.15, 0.2) is 0 Å². The maximum Gasteiger partial charge on any atom is 0.211 e. The second-order valence-electron chi connectivity index (χ2n) is 9.32. The zero-order valence-electron chi connectivity index (χ0n) is 19.2. The van der Waals surface area contributed by atoms with Gasteiger partial charge in [0.25, 0.3) is 0 Å². The van der Waals surface area contributed by atoms with E-state index in [1.807, 2.05) is 67.0 Å². The highest BCUT2D eigenvalue weighted by atomic mass is 32.2. The van der Waals surface area contributed by atoms with Crippen molar-refractivity contribution in [3.05, 3.63) is 90.5 Å². The molecule has 1 spiro atoms. The van der Waals surface area contributed by atoms with Gasteiger partial charge in [0.2, 0.25) is 10.0 Å². The van der Waals surface area contributed by atoms with E-state index in [0.717, 1.165) is 45.1 Å². The Balaban J connectivity index is 1.48. The molecular weight excluding hydrogens is 460 g/mol. The Labute approximate surface area is 204 Å². The second kappa shape index (κ2) is 7.96. The molecule has 1 atom stereocenters. The number of pyridine rings is 2. The van der Waals surface area contributed by atoms with Gasteiger partial charge in [-0.05, 0) is 23.1 Å². The lowest BCUT2D eigenvalue weighted by Gasteiger charge is -2.49. The van der Waals surface area contributed by atoms with Crippen LogP contribution in [0.4, 0.5) is 5.69 Å². The van der Waals surface area contributed by atoms with Crippen LogP contribution in [0.5, 0.6) is 0 Å². The van der Waals surface area contributed by atoms with E-state index in [1.165, 1.54) is 10.6 Å². The molecular formula is C27H24N4O3S. The lowest BCUT2D eigenvalue weighted by Crippen LogP contribution is -2.67. The van der Waals surface area contributed by atoms with Crippen molar-refractivity contribution in [2.24, 2.45) is 0 Å². The summed E-state index contributed by atoms with van der Waals surface area (Å²) in [5, 5.41) is 2.10. The molecule has 2 aromatic carbocycles. The van der Waals surface area contributed by atoms with Gasteiger partial charge in [-0.1, -0.05) is 48.5 Å². The Hall–Kier alpha value is -3.62. The Kier molecular flexibility index (Phi) is 4.98. The predicted octanol–water partition coefficient (Wildman–Crippen LogP) is 3.40. The van der Waals surface area contributed by atoms with Crippen molar-refractivity contribution in [3.8, 4) is 11.1 Å². The maximum atomic E-state index is 12.6. The summed E-state index contributed by atoms with van der Waals surface area (Å²) in [5.41, 5.74) is 4.20. The highest BCUT2D eigenvalue weighted by molar-refractivity contribution is 7.88. The van der Waals surface area contributed by atoms with Crippen LogP contribution in [0.15, 0.2) is 79.3 Å². The molecule has 6 rings (SSSR count). The number of aromatic nitrogens is 2. The van der Waals surface area contributed by atoms with Crippen molar-refractivity contribution in [2.45, 2.75) is 18.0 Å². The van der Waals surface area contributed by atoms with Gasteiger partial charge < -0.3 is 9.69 Å². The lowest BCUT2D eigenvalue weighted by molar-refractivity contribution is -0.111. The first kappa shape index (κ1) is 21.9. The van der Waals surface area contributed by atoms with Crippen LogP contribution in [-0.2, 0) is 26.8 Å². The summed E-state index contributed by atoms with van der Waals surface area (Å²) in [6, 6.07) is 19.5. The average Bonchev–Trinajstić information content (AvgIpc) is 3.12. The molecule has 176 valence electrons. The van der Waals surface area contributed by atoms with Crippen molar-refractivity contribution in [2.75, 3.05) is 24.2 Å². The maximum absolute atomic E-state index is 12.6. The van der Waals surface area contributed by atoms with E-state index in [9.17, 15) is 13.2 Å². The largest absolute Gasteiger partial charge is 0.355 e. The first-order chi connectivity index (χ1) is 16.9. The van der Waals surface area contributed by atoms with E-state index in [2.05, 4.69) is 16.0 Å². The molecule has 1 unspecified atom stereocenters. The third-order valence-corrected chi connectivity index (χ3v) is 8.51. The number of aldehydes is 1. The first-order valence-electron chi connectivity index (χ1n) is 11.5. The molecule has 4 heterocycles. The summed E-state index contributed by atoms with van der Waals surface area (Å²) in [6.45, 7) is 1.00. The molecule has 2 aliphatic heterocycles. The van der Waals surface area contributed by atoms with Gasteiger partial charge in [-0.25, -0.2) is 12.7 Å². The zero-order chi connectivity index (χ0) is 24.2. The summed E-state index contributed by atoms with van der Waals surface area (Å²) < 4.78 is 25.8. The molecule has 35 heavy (non-hydrogen) atoms. The van der Waals surface area contributed by atoms with Crippen LogP contribution in [0.2, 0.25) is 0 Å². The highest BCUT2D eigenvalue weighted by Crippen LogP contribution is 2.51. The lowest BCUT2D eigenvalue weighted by atomic mass is 9.72. The van der Waals surface area contributed by atoms with Crippen LogP contribution in [-0.4, -0.2) is 54.4 Å². The minimum atomic E-state index is -3.33. The molecule has 4 aromatic rings. The molecule has 1 fully saturated rings. The molecule has 2 aliphatic rings. The number of para-hydroxylation sites is 1. The summed E-state index contributed by atoms with van der Waals surface area (Å²) in [5.74, 6) is 0. The zero-order valence-corrected chi connectivity index (χ0v) is 20.0. The van der Waals surface area contributed by atoms with Crippen LogP contribution < -0.4 is 4.90 Å². The average molecular weight is 485 g/mol. The number of carbonyl (C=O) groups is 1. The third kappa shape index (κ3) is 3.36. The van der Waals surface area contributed by atoms with E-state index in [4.69, 9.17) is 4.98 Å². The van der Waals surface area contributed by atoms with Gasteiger partial charge >= 0.3 is 0 Å². The minimum Gasteiger partial charge on any atom is -0.355 e. The SMILES string of the molecule is CS(=O)(=O)N1CC2(C1)c1ccccc1N(Cc1ncc3ccccc3c1-c1cccnc1)C2C=O. The number of hydrogen-bond donors (Lipinski definition) is 0. The molecule has 0 radical (unpaired) electrons. The summed E-state index contributed by atoms with van der Waals surface area (Å²) in [4.78, 5) is 23.8. The van der Waals surface area contributed by atoms with Crippen LogP contribution in [0.25, 0.3) is 21.9 Å². The predicted molar refractivity (Wildman–Crippen MR) is 136 cm³/mol. The first-order valence-corrected chi connectivity index (χ1v) is 13.3. The van der Waals surface area contributed by atoms with Crippen LogP contribution >= 0.6 is 0 Å². The Morgan fingerprint density at radius 1 is 1.03 bits per heavy atom. The fourth-order valence-corrected chi connectivity index (χ4v) is 6.56. The van der Waals surface area contributed by atoms with Gasteiger partial charge in [-0.3, -0.25) is 9.97 Å². The quantitative estimate of drug-likeness (QED) is 0.404. The normalized spacial score (nSPS) is 19.0. The molecule has 1 saturated heterocycles. The number of nitrogens with zero attached hydrogens (tertiary/aromatic N) is 4. The molecule has 8 heteroatoms. The van der Waals surface area contributed by atoms with Crippen molar-refractivity contribution in [3.63, 3.8) is 0 Å². The van der Waals surface area contributed by atoms with E-state index in [1.54, 1.807) is 6.20 Å². The van der Waals surface area contributed by atoms with Crippen molar-refractivity contribution in [1.82, 2.24) is 14.3 Å². The molecule has 0 N–H and O–H groups in total. The summed E-state index contributed by atoms with van der Waals surface area (Å²) in [7, 11) is -3.33. The smallest absolute Gasteiger partial charge is 0.211 e. The van der Waals surface area contributed by atoms with E-state index >= 15 is 0 Å². The number of anilines is 1. The van der Waals surface area contributed by atoms with Gasteiger partial charge in [0.05, 0.1) is 30.0 Å². The minimum absolute atomic E-state index is 0.295. The number of hydrogen-bond acceptors (Lipinski definition) is 6. The van der Waals surface area contributed by atoms with E-state index < -0.39 is 21.5 Å². The van der Waals surface area contributed by atoms with Crippen molar-refractivity contribution in [1.29, 1.82) is 0 Å². The summed E-state index contributed by atoms with van der Waals surface area (Å²) >= 11 is 0. The van der Waals surface area contributed by atoms with Crippen LogP contribution in [0, 0.1) is 0 Å². The number of rotatable bonds is 5. The second-order valence-corrected chi connectivity index (χ2v) is 11.3. The topological polar surface area (TPSA) is 83.5 Å². The van der Waals surface area contributed by atoms with Crippen molar-refractivity contribution < 1.29 is 13.2 Å². The molecule has 0 amide bonds. The third-order valence-electron chi connectivity index (χ3n) is 7.32. The number of carbonyl (C=O) groups excluding carboxylic acids is 1. The van der Waals surface area contributed by atoms with Gasteiger partial charge in [0, 0.05) is 53.9 Å². The van der Waals surface area contributed by atoms with E-state index in [-0.39, 0.29) is 0 Å². The van der Waals surface area contributed by atoms with E-state index in [0.29, 0.717) is 19.6 Å². The molecule has 2 aromatic heterocycles. The van der Waals surface area contributed by atoms with Crippen LogP contribution in [0.3, 0.4) is 0 Å². The van der Waals surface area contributed by atoms with Gasteiger partial charge in [0.1, 0.15) is 6.29 Å². The fraction of sp³-hybridized carbons (Fsp3) is 0.222. The summed E-state index contributed by atoms with van der Waals surface area (Å²) in [6.07, 6.45) is 7.62. The Morgan fingerprint density at radius 3 is 2.54 bits per heavy atom. The number of sulfonamides is 1. The van der Waals surface area contributed by atoms with Crippen LogP contribution in [0.1, 0.15) is 11.3 Å². The Bertz CT molecular complexity index is 1550. The molecule has 0 saturated carbocycles. The highest BCUT2D eigenvalue weighted by Gasteiger charge is 2.59. The Morgan fingerprint density at radius 2 is 1.80 bits per heavy atom. The fourth-order valence-electron chi connectivity index (χ4n) is 5.63. The molecule has 7 nitrogen and oxygen atoms in total.